The van der Waals surface area contributed by atoms with Crippen LogP contribution in [-0.4, -0.2) is 17.6 Å². The Hall–Kier alpha value is -1.61. The molecular weight excluding hydrogens is 214 g/mol. The molecule has 0 bridgehead atoms. The summed E-state index contributed by atoms with van der Waals surface area (Å²) in [5, 5.41) is 12.1. The summed E-state index contributed by atoms with van der Waals surface area (Å²) in [5.41, 5.74) is 4.31. The molecule has 0 heterocycles. The lowest BCUT2D eigenvalue weighted by molar-refractivity contribution is -0.117. The van der Waals surface area contributed by atoms with E-state index in [9.17, 15) is 9.90 Å². The second kappa shape index (κ2) is 5.64. The van der Waals surface area contributed by atoms with Crippen molar-refractivity contribution in [3.8, 4) is 0 Å². The molecule has 1 atom stereocenters. The lowest BCUT2D eigenvalue weighted by Gasteiger charge is -2.21. The number of nitrogens with one attached hydrogen (secondary N) is 1. The number of benzene rings is 1. The molecule has 0 aliphatic heterocycles. The van der Waals surface area contributed by atoms with Crippen LogP contribution in [0.25, 0.3) is 0 Å². The molecule has 1 amide bonds. The van der Waals surface area contributed by atoms with Crippen molar-refractivity contribution in [1.29, 1.82) is 0 Å². The predicted molar refractivity (Wildman–Crippen MR) is 68.8 cm³/mol. The SMILES string of the molecule is C=CC(=O)NC(CO)c1c(C)cc(C)cc1C. The summed E-state index contributed by atoms with van der Waals surface area (Å²) >= 11 is 0. The minimum atomic E-state index is -0.374. The van der Waals surface area contributed by atoms with Gasteiger partial charge in [0.15, 0.2) is 0 Å². The molecule has 2 N–H and O–H groups in total. The van der Waals surface area contributed by atoms with Gasteiger partial charge < -0.3 is 10.4 Å². The summed E-state index contributed by atoms with van der Waals surface area (Å²) < 4.78 is 0. The average molecular weight is 233 g/mol. The van der Waals surface area contributed by atoms with Crippen molar-refractivity contribution in [1.82, 2.24) is 5.32 Å². The van der Waals surface area contributed by atoms with E-state index >= 15 is 0 Å². The third-order valence-corrected chi connectivity index (χ3v) is 2.77. The molecule has 3 nitrogen and oxygen atoms in total. The first kappa shape index (κ1) is 13.5. The first-order chi connectivity index (χ1) is 7.99. The largest absolute Gasteiger partial charge is 0.394 e. The highest BCUT2D eigenvalue weighted by Gasteiger charge is 2.16. The van der Waals surface area contributed by atoms with Crippen LogP contribution in [0.4, 0.5) is 0 Å². The number of carbonyl (C=O) groups is 1. The van der Waals surface area contributed by atoms with Gasteiger partial charge in [-0.25, -0.2) is 0 Å². The van der Waals surface area contributed by atoms with Gasteiger partial charge in [0.05, 0.1) is 12.6 Å². The zero-order valence-corrected chi connectivity index (χ0v) is 10.6. The second-order valence-corrected chi connectivity index (χ2v) is 4.26. The van der Waals surface area contributed by atoms with Gasteiger partial charge in [-0.3, -0.25) is 4.79 Å². The average Bonchev–Trinajstić information content (AvgIpc) is 2.25. The molecule has 1 unspecified atom stereocenters. The van der Waals surface area contributed by atoms with Crippen LogP contribution < -0.4 is 5.32 Å². The fourth-order valence-corrected chi connectivity index (χ4v) is 2.18. The predicted octanol–water partition coefficient (Wildman–Crippen LogP) is 1.95. The summed E-state index contributed by atoms with van der Waals surface area (Å²) in [4.78, 5) is 11.3. The Balaban J connectivity index is 3.11. The number of amides is 1. The number of hydrogen-bond donors (Lipinski definition) is 2. The summed E-state index contributed by atoms with van der Waals surface area (Å²) in [6.45, 7) is 9.28. The van der Waals surface area contributed by atoms with Crippen LogP contribution in [0, 0.1) is 20.8 Å². The molecule has 0 spiro atoms. The zero-order valence-electron chi connectivity index (χ0n) is 10.6. The minimum absolute atomic E-state index is 0.121. The van der Waals surface area contributed by atoms with Gasteiger partial charge in [-0.15, -0.1) is 0 Å². The van der Waals surface area contributed by atoms with Crippen molar-refractivity contribution in [3.05, 3.63) is 47.0 Å². The molecule has 0 fully saturated rings. The van der Waals surface area contributed by atoms with E-state index in [0.717, 1.165) is 16.7 Å². The van der Waals surface area contributed by atoms with E-state index < -0.39 is 0 Å². The van der Waals surface area contributed by atoms with E-state index in [4.69, 9.17) is 0 Å². The maximum Gasteiger partial charge on any atom is 0.243 e. The molecular formula is C14H19NO2. The molecule has 0 radical (unpaired) electrons. The normalized spacial score (nSPS) is 12.0. The highest BCUT2D eigenvalue weighted by atomic mass is 16.3. The van der Waals surface area contributed by atoms with Gasteiger partial charge in [-0.2, -0.15) is 0 Å². The van der Waals surface area contributed by atoms with Gasteiger partial charge in [0.1, 0.15) is 0 Å². The van der Waals surface area contributed by atoms with Gasteiger partial charge in [0.2, 0.25) is 5.91 Å². The van der Waals surface area contributed by atoms with Crippen molar-refractivity contribution < 1.29 is 9.90 Å². The van der Waals surface area contributed by atoms with Crippen LogP contribution in [0.3, 0.4) is 0 Å². The van der Waals surface area contributed by atoms with Crippen LogP contribution in [0.15, 0.2) is 24.8 Å². The molecule has 0 saturated carbocycles. The smallest absolute Gasteiger partial charge is 0.243 e. The molecule has 0 aromatic heterocycles. The lowest BCUT2D eigenvalue weighted by atomic mass is 9.94. The van der Waals surface area contributed by atoms with Crippen molar-refractivity contribution in [2.24, 2.45) is 0 Å². The molecule has 3 heteroatoms. The highest BCUT2D eigenvalue weighted by Crippen LogP contribution is 2.23. The van der Waals surface area contributed by atoms with E-state index in [-0.39, 0.29) is 18.6 Å². The summed E-state index contributed by atoms with van der Waals surface area (Å²) in [7, 11) is 0. The molecule has 17 heavy (non-hydrogen) atoms. The number of aliphatic hydroxyl groups is 1. The summed E-state index contributed by atoms with van der Waals surface area (Å²) in [5.74, 6) is -0.275. The molecule has 92 valence electrons. The van der Waals surface area contributed by atoms with Crippen LogP contribution in [0.1, 0.15) is 28.3 Å². The minimum Gasteiger partial charge on any atom is -0.394 e. The Kier molecular flexibility index (Phi) is 4.46. The Morgan fingerprint density at radius 2 is 1.94 bits per heavy atom. The number of carbonyl (C=O) groups excluding carboxylic acids is 1. The van der Waals surface area contributed by atoms with Gasteiger partial charge in [-0.05, 0) is 43.5 Å². The van der Waals surface area contributed by atoms with Gasteiger partial charge >= 0.3 is 0 Å². The van der Waals surface area contributed by atoms with Gasteiger partial charge in [0, 0.05) is 0 Å². The Bertz CT molecular complexity index is 415. The first-order valence-corrected chi connectivity index (χ1v) is 5.61. The fraction of sp³-hybridized carbons (Fsp3) is 0.357. The Labute approximate surface area is 102 Å². The van der Waals surface area contributed by atoms with Crippen LogP contribution in [-0.2, 0) is 4.79 Å². The zero-order chi connectivity index (χ0) is 13.0. The molecule has 1 rings (SSSR count). The first-order valence-electron chi connectivity index (χ1n) is 5.61. The summed E-state index contributed by atoms with van der Waals surface area (Å²) in [6, 6.07) is 3.72. The maximum atomic E-state index is 11.3. The third-order valence-electron chi connectivity index (χ3n) is 2.77. The van der Waals surface area contributed by atoms with Gasteiger partial charge in [0.25, 0.3) is 0 Å². The highest BCUT2D eigenvalue weighted by molar-refractivity contribution is 5.87. The van der Waals surface area contributed by atoms with Crippen LogP contribution in [0.5, 0.6) is 0 Å². The molecule has 0 aliphatic rings. The van der Waals surface area contributed by atoms with Gasteiger partial charge in [-0.1, -0.05) is 24.3 Å². The van der Waals surface area contributed by atoms with Crippen LogP contribution >= 0.6 is 0 Å². The van der Waals surface area contributed by atoms with Crippen molar-refractivity contribution in [2.45, 2.75) is 26.8 Å². The van der Waals surface area contributed by atoms with E-state index in [1.807, 2.05) is 32.9 Å². The second-order valence-electron chi connectivity index (χ2n) is 4.26. The monoisotopic (exact) mass is 233 g/mol. The topological polar surface area (TPSA) is 49.3 Å². The summed E-state index contributed by atoms with van der Waals surface area (Å²) in [6.07, 6.45) is 1.21. The van der Waals surface area contributed by atoms with Crippen molar-refractivity contribution >= 4 is 5.91 Å². The Morgan fingerprint density at radius 3 is 2.35 bits per heavy atom. The van der Waals surface area contributed by atoms with E-state index in [0.29, 0.717) is 0 Å². The van der Waals surface area contributed by atoms with E-state index in [1.54, 1.807) is 0 Å². The Morgan fingerprint density at radius 1 is 1.41 bits per heavy atom. The molecule has 0 aliphatic carbocycles. The maximum absolute atomic E-state index is 11.3. The quantitative estimate of drug-likeness (QED) is 0.781. The van der Waals surface area contributed by atoms with Crippen LogP contribution in [0.2, 0.25) is 0 Å². The van der Waals surface area contributed by atoms with Crippen molar-refractivity contribution in [3.63, 3.8) is 0 Å². The molecule has 1 aromatic carbocycles. The fourth-order valence-electron chi connectivity index (χ4n) is 2.18. The number of rotatable bonds is 4. The third kappa shape index (κ3) is 3.17. The number of aryl methyl sites for hydroxylation is 3. The van der Waals surface area contributed by atoms with E-state index in [1.165, 1.54) is 11.6 Å². The molecule has 0 saturated heterocycles. The standard InChI is InChI=1S/C14H19NO2/c1-5-13(17)15-12(8-16)14-10(3)6-9(2)7-11(14)4/h5-7,12,16H,1,8H2,2-4H3,(H,15,17). The molecule has 1 aromatic rings. The number of aliphatic hydroxyl groups excluding tert-OH is 1. The van der Waals surface area contributed by atoms with E-state index in [2.05, 4.69) is 11.9 Å². The lowest BCUT2D eigenvalue weighted by Crippen LogP contribution is -2.30. The number of hydrogen-bond acceptors (Lipinski definition) is 2. The van der Waals surface area contributed by atoms with Crippen molar-refractivity contribution in [2.75, 3.05) is 6.61 Å².